The summed E-state index contributed by atoms with van der Waals surface area (Å²) >= 11 is 7.74. The van der Waals surface area contributed by atoms with E-state index < -0.39 is 10.0 Å². The number of hydrogen-bond donors (Lipinski definition) is 0. The molecular weight excluding hydrogens is 556 g/mol. The van der Waals surface area contributed by atoms with E-state index >= 15 is 0 Å². The van der Waals surface area contributed by atoms with Crippen LogP contribution in [0.4, 0.5) is 10.8 Å². The van der Waals surface area contributed by atoms with Gasteiger partial charge in [-0.15, -0.1) is 0 Å². The number of aromatic nitrogens is 1. The maximum atomic E-state index is 13.8. The van der Waals surface area contributed by atoms with Crippen molar-refractivity contribution in [1.82, 2.24) is 9.88 Å². The van der Waals surface area contributed by atoms with Gasteiger partial charge in [0.2, 0.25) is 0 Å². The number of benzene rings is 3. The number of carbonyl (C=O) groups excluding carboxylic acids is 1. The van der Waals surface area contributed by atoms with Crippen molar-refractivity contribution in [3.05, 3.63) is 76.8 Å². The second kappa shape index (κ2) is 11.1. The molecule has 5 rings (SSSR count). The highest BCUT2D eigenvalue weighted by atomic mass is 35.5. The normalized spacial score (nSPS) is 13.5. The first-order chi connectivity index (χ1) is 18.7. The molecule has 204 valence electrons. The third-order valence-electron chi connectivity index (χ3n) is 6.67. The zero-order valence-electron chi connectivity index (χ0n) is 21.9. The molecular formula is C28H29ClN4O4S2. The van der Waals surface area contributed by atoms with E-state index in [2.05, 4.69) is 0 Å². The first-order valence-electron chi connectivity index (χ1n) is 12.5. The summed E-state index contributed by atoms with van der Waals surface area (Å²) in [4.78, 5) is 22.2. The number of sulfonamides is 1. The highest BCUT2D eigenvalue weighted by Gasteiger charge is 2.30. The molecule has 0 bridgehead atoms. The molecule has 0 saturated carbocycles. The lowest BCUT2D eigenvalue weighted by Crippen LogP contribution is -2.37. The zero-order valence-corrected chi connectivity index (χ0v) is 24.3. The number of likely N-dealkylation sites (N-methyl/N-ethyl adjacent to an activating group) is 1. The third kappa shape index (κ3) is 5.34. The minimum absolute atomic E-state index is 0.145. The van der Waals surface area contributed by atoms with Crippen LogP contribution < -0.4 is 13.9 Å². The van der Waals surface area contributed by atoms with Gasteiger partial charge in [-0.25, -0.2) is 13.4 Å². The highest BCUT2D eigenvalue weighted by molar-refractivity contribution is 7.92. The zero-order chi connectivity index (χ0) is 27.7. The Bertz CT molecular complexity index is 1620. The van der Waals surface area contributed by atoms with Gasteiger partial charge in [-0.05, 0) is 75.0 Å². The molecule has 0 spiro atoms. The quantitative estimate of drug-likeness (QED) is 0.279. The van der Waals surface area contributed by atoms with E-state index in [-0.39, 0.29) is 10.8 Å². The van der Waals surface area contributed by atoms with Crippen molar-refractivity contribution in [3.8, 4) is 5.75 Å². The molecule has 11 heteroatoms. The number of para-hydroxylation sites is 1. The van der Waals surface area contributed by atoms with Crippen LogP contribution in [0, 0.1) is 0 Å². The number of amides is 1. The van der Waals surface area contributed by atoms with Crippen LogP contribution in [0.2, 0.25) is 5.02 Å². The maximum Gasteiger partial charge on any atom is 0.264 e. The summed E-state index contributed by atoms with van der Waals surface area (Å²) in [5.74, 6) is 0.295. The second-order valence-electron chi connectivity index (χ2n) is 9.52. The Hall–Kier alpha value is -3.18. The van der Waals surface area contributed by atoms with Crippen molar-refractivity contribution in [3.63, 3.8) is 0 Å². The van der Waals surface area contributed by atoms with E-state index in [0.29, 0.717) is 52.3 Å². The number of methoxy groups -OCH3 is 1. The molecule has 0 fully saturated rings. The lowest BCUT2D eigenvalue weighted by molar-refractivity contribution is 0.0985. The smallest absolute Gasteiger partial charge is 0.264 e. The van der Waals surface area contributed by atoms with Crippen LogP contribution >= 0.6 is 22.9 Å². The lowest BCUT2D eigenvalue weighted by Gasteiger charge is -2.30. The highest BCUT2D eigenvalue weighted by Crippen LogP contribution is 2.39. The lowest BCUT2D eigenvalue weighted by atomic mass is 10.0. The van der Waals surface area contributed by atoms with Crippen molar-refractivity contribution < 1.29 is 17.9 Å². The number of thiazole rings is 1. The number of anilines is 2. The number of ether oxygens (including phenoxy) is 1. The molecule has 0 aliphatic carbocycles. The average molecular weight is 585 g/mol. The molecule has 8 nitrogen and oxygen atoms in total. The maximum absolute atomic E-state index is 13.8. The van der Waals surface area contributed by atoms with Gasteiger partial charge in [-0.2, -0.15) is 0 Å². The Morgan fingerprint density at radius 3 is 2.54 bits per heavy atom. The minimum Gasteiger partial charge on any atom is -0.494 e. The monoisotopic (exact) mass is 584 g/mol. The van der Waals surface area contributed by atoms with Gasteiger partial charge in [0.05, 0.1) is 27.4 Å². The van der Waals surface area contributed by atoms with Crippen LogP contribution in [0.15, 0.2) is 65.6 Å². The topological polar surface area (TPSA) is 83.0 Å². The van der Waals surface area contributed by atoms with Crippen LogP contribution in [0.5, 0.6) is 5.75 Å². The van der Waals surface area contributed by atoms with Crippen LogP contribution in [0.3, 0.4) is 0 Å². The molecule has 0 saturated heterocycles. The number of fused-ring (bicyclic) bond motifs is 2. The number of carbonyl (C=O) groups is 1. The molecule has 0 radical (unpaired) electrons. The van der Waals surface area contributed by atoms with Crippen molar-refractivity contribution in [1.29, 1.82) is 0 Å². The molecule has 2 heterocycles. The van der Waals surface area contributed by atoms with Crippen LogP contribution in [0.25, 0.3) is 10.2 Å². The summed E-state index contributed by atoms with van der Waals surface area (Å²) in [7, 11) is 1.65. The summed E-state index contributed by atoms with van der Waals surface area (Å²) in [6, 6.07) is 17.2. The Labute approximate surface area is 237 Å². The first kappa shape index (κ1) is 27.4. The predicted molar refractivity (Wildman–Crippen MR) is 157 cm³/mol. The van der Waals surface area contributed by atoms with Gasteiger partial charge >= 0.3 is 0 Å². The van der Waals surface area contributed by atoms with E-state index in [9.17, 15) is 13.2 Å². The number of halogens is 1. The Balaban J connectivity index is 1.47. The third-order valence-corrected chi connectivity index (χ3v) is 10.0. The number of rotatable bonds is 8. The summed E-state index contributed by atoms with van der Waals surface area (Å²) in [5.41, 5.74) is 2.69. The Kier molecular flexibility index (Phi) is 7.82. The van der Waals surface area contributed by atoms with E-state index in [1.165, 1.54) is 27.8 Å². The fourth-order valence-corrected chi connectivity index (χ4v) is 7.43. The molecule has 3 aromatic carbocycles. The van der Waals surface area contributed by atoms with E-state index in [4.69, 9.17) is 21.3 Å². The fraction of sp³-hybridized carbons (Fsp3) is 0.286. The molecule has 39 heavy (non-hydrogen) atoms. The number of hydrogen-bond acceptors (Lipinski definition) is 7. The summed E-state index contributed by atoms with van der Waals surface area (Å²) < 4.78 is 34.7. The van der Waals surface area contributed by atoms with Crippen LogP contribution in [-0.2, 0) is 16.4 Å². The molecule has 1 aromatic heterocycles. The summed E-state index contributed by atoms with van der Waals surface area (Å²) in [6.07, 6.45) is 1.60. The standard InChI is InChI=1S/C28H29ClN4O4S2/c1-31(2)17-18-32(28-30-25-24(37-3)15-14-22(29)26(25)38-28)27(34)20-10-12-21(13-11-20)39(35,36)33-16-6-8-19-7-4-5-9-23(19)33/h4-5,7,9-15H,6,8,16-18H2,1-3H3. The van der Waals surface area contributed by atoms with Gasteiger partial charge in [0.1, 0.15) is 11.3 Å². The molecule has 1 aliphatic rings. The average Bonchev–Trinajstić information content (AvgIpc) is 3.39. The van der Waals surface area contributed by atoms with Gasteiger partial charge < -0.3 is 9.64 Å². The second-order valence-corrected chi connectivity index (χ2v) is 12.8. The van der Waals surface area contributed by atoms with Crippen LogP contribution in [-0.4, -0.2) is 65.0 Å². The molecule has 1 amide bonds. The molecule has 0 atom stereocenters. The van der Waals surface area contributed by atoms with Crippen molar-refractivity contribution >= 4 is 59.9 Å². The Morgan fingerprint density at radius 2 is 1.82 bits per heavy atom. The van der Waals surface area contributed by atoms with Gasteiger partial charge in [0.25, 0.3) is 15.9 Å². The van der Waals surface area contributed by atoms with Crippen molar-refractivity contribution in [2.24, 2.45) is 0 Å². The van der Waals surface area contributed by atoms with Gasteiger partial charge in [0.15, 0.2) is 5.13 Å². The summed E-state index contributed by atoms with van der Waals surface area (Å²) in [5, 5.41) is 1.02. The van der Waals surface area contributed by atoms with Crippen molar-refractivity contribution in [2.45, 2.75) is 17.7 Å². The Morgan fingerprint density at radius 1 is 1.08 bits per heavy atom. The largest absolute Gasteiger partial charge is 0.494 e. The fourth-order valence-electron chi connectivity index (χ4n) is 4.61. The predicted octanol–water partition coefficient (Wildman–Crippen LogP) is 5.31. The van der Waals surface area contributed by atoms with Gasteiger partial charge in [-0.1, -0.05) is 41.1 Å². The molecule has 1 aliphatic heterocycles. The molecule has 0 N–H and O–H groups in total. The first-order valence-corrected chi connectivity index (χ1v) is 15.1. The number of nitrogens with zero attached hydrogens (tertiary/aromatic N) is 4. The minimum atomic E-state index is -3.78. The van der Waals surface area contributed by atoms with Gasteiger partial charge in [-0.3, -0.25) is 14.0 Å². The molecule has 0 unspecified atom stereocenters. The van der Waals surface area contributed by atoms with Crippen LogP contribution in [0.1, 0.15) is 22.3 Å². The van der Waals surface area contributed by atoms with Crippen molar-refractivity contribution in [2.75, 3.05) is 50.0 Å². The molecule has 4 aromatic rings. The SMILES string of the molecule is COc1ccc(Cl)c2sc(N(CCN(C)C)C(=O)c3ccc(S(=O)(=O)N4CCCc5ccccc54)cc3)nc12. The summed E-state index contributed by atoms with van der Waals surface area (Å²) in [6.45, 7) is 1.41. The number of aryl methyl sites for hydroxylation is 1. The van der Waals surface area contributed by atoms with E-state index in [1.807, 2.05) is 43.3 Å². The van der Waals surface area contributed by atoms with Gasteiger partial charge in [0, 0.05) is 25.2 Å². The van der Waals surface area contributed by atoms with E-state index in [0.717, 1.165) is 23.1 Å². The van der Waals surface area contributed by atoms with E-state index in [1.54, 1.807) is 36.3 Å².